The Morgan fingerprint density at radius 2 is 1.97 bits per heavy atom. The molecule has 0 saturated heterocycles. The highest BCUT2D eigenvalue weighted by atomic mass is 32.2. The van der Waals surface area contributed by atoms with Gasteiger partial charge in [0.15, 0.2) is 11.5 Å². The molecular formula is C25H30FN9O2S. The lowest BCUT2D eigenvalue weighted by Crippen LogP contribution is -2.50. The second-order valence-corrected chi connectivity index (χ2v) is 12.3. The van der Waals surface area contributed by atoms with Gasteiger partial charge in [0.05, 0.1) is 34.6 Å². The van der Waals surface area contributed by atoms with Crippen molar-refractivity contribution in [1.29, 1.82) is 0 Å². The average molecular weight is 540 g/mol. The molecule has 2 fully saturated rings. The third-order valence-corrected chi connectivity index (χ3v) is 9.26. The van der Waals surface area contributed by atoms with Crippen LogP contribution in [-0.2, 0) is 22.7 Å². The van der Waals surface area contributed by atoms with Crippen molar-refractivity contribution in [1.82, 2.24) is 39.6 Å². The first-order valence-corrected chi connectivity index (χ1v) is 14.3. The highest BCUT2D eigenvalue weighted by Gasteiger charge is 2.38. The first-order valence-electron chi connectivity index (χ1n) is 12.7. The zero-order chi connectivity index (χ0) is 26.5. The summed E-state index contributed by atoms with van der Waals surface area (Å²) in [6, 6.07) is 3.74. The minimum absolute atomic E-state index is 0.114. The molecule has 3 aliphatic rings. The van der Waals surface area contributed by atoms with Crippen molar-refractivity contribution in [3.05, 3.63) is 66.3 Å². The Morgan fingerprint density at radius 3 is 2.68 bits per heavy atom. The number of hydrogen-bond donors (Lipinski definition) is 3. The topological polar surface area (TPSA) is 146 Å². The van der Waals surface area contributed by atoms with Crippen molar-refractivity contribution < 1.29 is 12.8 Å². The third-order valence-electron chi connectivity index (χ3n) is 7.23. The summed E-state index contributed by atoms with van der Waals surface area (Å²) in [5, 5.41) is 15.1. The summed E-state index contributed by atoms with van der Waals surface area (Å²) in [7, 11) is -1.64. The predicted octanol–water partition coefficient (Wildman–Crippen LogP) is 1.92. The highest BCUT2D eigenvalue weighted by molar-refractivity contribution is 7.90. The Kier molecular flexibility index (Phi) is 6.06. The van der Waals surface area contributed by atoms with Crippen LogP contribution in [0.4, 0.5) is 4.39 Å². The highest BCUT2D eigenvalue weighted by Crippen LogP contribution is 2.32. The first-order chi connectivity index (χ1) is 18.2. The van der Waals surface area contributed by atoms with Crippen LogP contribution in [0.25, 0.3) is 17.0 Å². The molecule has 0 amide bonds. The molecule has 2 aliphatic carbocycles. The molecule has 0 spiro atoms. The van der Waals surface area contributed by atoms with Crippen LogP contribution in [0.3, 0.4) is 0 Å². The second kappa shape index (κ2) is 9.31. The summed E-state index contributed by atoms with van der Waals surface area (Å²) in [6.07, 6.45) is 13.1. The van der Waals surface area contributed by atoms with Crippen LogP contribution in [0.15, 0.2) is 54.9 Å². The summed E-state index contributed by atoms with van der Waals surface area (Å²) in [4.78, 5) is 9.00. The molecule has 0 bridgehead atoms. The van der Waals surface area contributed by atoms with Gasteiger partial charge in [-0.1, -0.05) is 0 Å². The van der Waals surface area contributed by atoms with Gasteiger partial charge in [-0.3, -0.25) is 4.68 Å². The average Bonchev–Trinajstić information content (AvgIpc) is 3.50. The van der Waals surface area contributed by atoms with Crippen molar-refractivity contribution in [2.75, 3.05) is 0 Å². The van der Waals surface area contributed by atoms with Crippen molar-refractivity contribution in [2.24, 2.45) is 12.8 Å². The minimum atomic E-state index is -3.50. The van der Waals surface area contributed by atoms with Gasteiger partial charge in [-0.05, 0) is 56.7 Å². The maximum absolute atomic E-state index is 13.8. The molecule has 1 atom stereocenters. The maximum atomic E-state index is 13.8. The zero-order valence-electron chi connectivity index (χ0n) is 21.0. The molecule has 4 N–H and O–H groups in total. The summed E-state index contributed by atoms with van der Waals surface area (Å²) in [5.41, 5.74) is 9.03. The Bertz CT molecular complexity index is 1520. The van der Waals surface area contributed by atoms with Gasteiger partial charge in [0.1, 0.15) is 6.17 Å². The van der Waals surface area contributed by atoms with Crippen LogP contribution in [-0.4, -0.2) is 54.8 Å². The fourth-order valence-corrected chi connectivity index (χ4v) is 6.35. The van der Waals surface area contributed by atoms with Gasteiger partial charge in [0, 0.05) is 43.0 Å². The largest absolute Gasteiger partial charge is 0.382 e. The Hall–Kier alpha value is -3.58. The molecule has 200 valence electrons. The quantitative estimate of drug-likeness (QED) is 0.410. The molecule has 0 aromatic carbocycles. The number of rotatable bonds is 7. The summed E-state index contributed by atoms with van der Waals surface area (Å²) >= 11 is 0. The van der Waals surface area contributed by atoms with E-state index in [0.717, 1.165) is 33.9 Å². The lowest BCUT2D eigenvalue weighted by atomic mass is 9.91. The lowest BCUT2D eigenvalue weighted by Gasteiger charge is -2.34. The van der Waals surface area contributed by atoms with E-state index in [1.54, 1.807) is 16.9 Å². The summed E-state index contributed by atoms with van der Waals surface area (Å²) in [5.74, 6) is 0.315. The van der Waals surface area contributed by atoms with Crippen LogP contribution in [0, 0.1) is 0 Å². The molecule has 2 saturated carbocycles. The summed E-state index contributed by atoms with van der Waals surface area (Å²) in [6.45, 7) is 0. The number of dihydropyridines is 1. The molecule has 1 aliphatic heterocycles. The van der Waals surface area contributed by atoms with Gasteiger partial charge in [-0.2, -0.15) is 14.3 Å². The van der Waals surface area contributed by atoms with E-state index in [0.29, 0.717) is 42.8 Å². The van der Waals surface area contributed by atoms with E-state index in [9.17, 15) is 12.8 Å². The van der Waals surface area contributed by atoms with Gasteiger partial charge in [-0.15, -0.1) is 0 Å². The summed E-state index contributed by atoms with van der Waals surface area (Å²) < 4.78 is 41.6. The fraction of sp³-hybridized carbons (Fsp3) is 0.440. The number of hydrogen-bond acceptors (Lipinski definition) is 9. The zero-order valence-corrected chi connectivity index (χ0v) is 21.8. The number of allylic oxidation sites excluding steroid dienone is 1. The third kappa shape index (κ3) is 4.71. The normalized spacial score (nSPS) is 25.9. The smallest absolute Gasteiger partial charge is 0.256 e. The van der Waals surface area contributed by atoms with Crippen LogP contribution >= 0.6 is 0 Å². The van der Waals surface area contributed by atoms with Gasteiger partial charge < -0.3 is 16.4 Å². The van der Waals surface area contributed by atoms with Crippen molar-refractivity contribution in [3.8, 4) is 11.4 Å². The predicted molar refractivity (Wildman–Crippen MR) is 139 cm³/mol. The van der Waals surface area contributed by atoms with Crippen LogP contribution in [0.2, 0.25) is 0 Å². The molecule has 6 rings (SSSR count). The van der Waals surface area contributed by atoms with Crippen LogP contribution < -0.4 is 16.4 Å². The molecule has 0 radical (unpaired) electrons. The standard InChI is InChI=1S/C25H30FN9O2S/c1-34-11-9-21(33-34)20-14-29-25(27,12-22(20)31-18-4-2-17(26)3-5-18)23-8-10-28-24(32-23)16-13-30-35(15-16)38(36,37)19-6-7-19/h8-15,17-19,29,31H,2-7,27H2,1H3. The van der Waals surface area contributed by atoms with Gasteiger partial charge in [0.2, 0.25) is 0 Å². The molecular weight excluding hydrogens is 509 g/mol. The van der Waals surface area contributed by atoms with Crippen molar-refractivity contribution in [2.45, 2.75) is 61.7 Å². The number of nitrogens with one attached hydrogen (secondary N) is 2. The molecule has 3 aromatic rings. The van der Waals surface area contributed by atoms with Crippen molar-refractivity contribution in [3.63, 3.8) is 0 Å². The number of nitrogens with two attached hydrogens (primary N) is 1. The first kappa shape index (κ1) is 24.7. The Balaban J connectivity index is 1.31. The minimum Gasteiger partial charge on any atom is -0.382 e. The number of aromatic nitrogens is 6. The fourth-order valence-electron chi connectivity index (χ4n) is 4.88. The van der Waals surface area contributed by atoms with E-state index >= 15 is 0 Å². The number of aryl methyl sites for hydroxylation is 1. The maximum Gasteiger partial charge on any atom is 0.256 e. The van der Waals surface area contributed by atoms with Gasteiger partial charge in [0.25, 0.3) is 10.0 Å². The molecule has 4 heterocycles. The van der Waals surface area contributed by atoms with Gasteiger partial charge in [-0.25, -0.2) is 22.8 Å². The van der Waals surface area contributed by atoms with E-state index in [2.05, 4.69) is 30.8 Å². The van der Waals surface area contributed by atoms with E-state index in [1.807, 2.05) is 31.6 Å². The SMILES string of the molecule is Cn1ccc(C2=CNC(N)(c3ccnc(-c4cnn(S(=O)(=O)C5CC5)c4)n3)C=C2NC2CCC(F)CC2)n1. The Labute approximate surface area is 220 Å². The monoisotopic (exact) mass is 539 g/mol. The molecule has 13 heteroatoms. The van der Waals surface area contributed by atoms with Gasteiger partial charge >= 0.3 is 0 Å². The van der Waals surface area contributed by atoms with Crippen molar-refractivity contribution >= 4 is 15.6 Å². The number of halogens is 1. The lowest BCUT2D eigenvalue weighted by molar-refractivity contribution is 0.225. The van der Waals surface area contributed by atoms with E-state index < -0.39 is 21.9 Å². The number of nitrogens with zero attached hydrogens (tertiary/aromatic N) is 6. The molecule has 1 unspecified atom stereocenters. The molecule has 38 heavy (non-hydrogen) atoms. The van der Waals surface area contributed by atoms with E-state index in [-0.39, 0.29) is 11.3 Å². The van der Waals surface area contributed by atoms with E-state index in [4.69, 9.17) is 5.73 Å². The van der Waals surface area contributed by atoms with E-state index in [1.165, 1.54) is 12.4 Å². The Morgan fingerprint density at radius 1 is 1.18 bits per heavy atom. The number of alkyl halides is 1. The molecule has 3 aromatic heterocycles. The van der Waals surface area contributed by atoms with Crippen LogP contribution in [0.5, 0.6) is 0 Å². The van der Waals surface area contributed by atoms with Crippen LogP contribution in [0.1, 0.15) is 49.9 Å². The second-order valence-electron chi connectivity index (χ2n) is 10.2. The molecule has 11 nitrogen and oxygen atoms in total.